The van der Waals surface area contributed by atoms with Gasteiger partial charge in [-0.15, -0.1) is 11.8 Å². The summed E-state index contributed by atoms with van der Waals surface area (Å²) in [4.78, 5) is 8.77. The number of rotatable bonds is 8. The summed E-state index contributed by atoms with van der Waals surface area (Å²) in [5.74, 6) is 2.05. The summed E-state index contributed by atoms with van der Waals surface area (Å²) in [5, 5.41) is 22.2. The Labute approximate surface area is 112 Å². The molecule has 0 radical (unpaired) electrons. The molecule has 0 fully saturated rings. The molecule has 0 aliphatic heterocycles. The van der Waals surface area contributed by atoms with Crippen LogP contribution in [0.3, 0.4) is 0 Å². The maximum absolute atomic E-state index is 9.33. The van der Waals surface area contributed by atoms with Crippen molar-refractivity contribution in [3.05, 3.63) is 11.9 Å². The first-order valence-electron chi connectivity index (χ1n) is 6.23. The largest absolute Gasteiger partial charge is 0.394 e. The van der Waals surface area contributed by atoms with E-state index in [1.54, 1.807) is 0 Å². The van der Waals surface area contributed by atoms with Crippen LogP contribution in [0.1, 0.15) is 26.1 Å². The average Bonchev–Trinajstić information content (AvgIpc) is 2.42. The van der Waals surface area contributed by atoms with E-state index in [9.17, 15) is 5.11 Å². The fourth-order valence-electron chi connectivity index (χ4n) is 1.28. The topological polar surface area (TPSA) is 78.3 Å². The number of hydrogen-bond acceptors (Lipinski definition) is 6. The lowest BCUT2D eigenvalue weighted by molar-refractivity contribution is 0.113. The van der Waals surface area contributed by atoms with Crippen molar-refractivity contribution in [2.75, 3.05) is 24.2 Å². The van der Waals surface area contributed by atoms with E-state index < -0.39 is 6.10 Å². The summed E-state index contributed by atoms with van der Waals surface area (Å²) in [5.41, 5.74) is 0. The Morgan fingerprint density at radius 1 is 1.39 bits per heavy atom. The number of thioether (sulfide) groups is 1. The fraction of sp³-hybridized carbons (Fsp3) is 0.667. The molecule has 0 aromatic carbocycles. The third-order valence-electron chi connectivity index (χ3n) is 2.26. The number of nitrogens with one attached hydrogen (secondary N) is 1. The second-order valence-electron chi connectivity index (χ2n) is 3.94. The Morgan fingerprint density at radius 3 is 2.78 bits per heavy atom. The molecule has 1 atom stereocenters. The van der Waals surface area contributed by atoms with E-state index in [4.69, 9.17) is 5.11 Å². The number of aryl methyl sites for hydroxylation is 1. The lowest BCUT2D eigenvalue weighted by atomic mass is 10.4. The van der Waals surface area contributed by atoms with Crippen LogP contribution < -0.4 is 5.32 Å². The summed E-state index contributed by atoms with van der Waals surface area (Å²) in [6.45, 7) is 4.77. The molecule has 0 saturated carbocycles. The van der Waals surface area contributed by atoms with Crippen molar-refractivity contribution >= 4 is 17.6 Å². The minimum atomic E-state index is -0.706. The first-order valence-corrected chi connectivity index (χ1v) is 7.21. The van der Waals surface area contributed by atoms with Crippen molar-refractivity contribution in [1.29, 1.82) is 0 Å². The van der Waals surface area contributed by atoms with E-state index in [1.807, 2.05) is 13.0 Å². The molecular formula is C12H21N3O2S. The summed E-state index contributed by atoms with van der Waals surface area (Å²) < 4.78 is 0. The molecular weight excluding hydrogens is 250 g/mol. The number of aromatic nitrogens is 2. The van der Waals surface area contributed by atoms with Gasteiger partial charge in [0.25, 0.3) is 0 Å². The zero-order chi connectivity index (χ0) is 13.4. The normalized spacial score (nSPS) is 12.4. The van der Waals surface area contributed by atoms with Crippen molar-refractivity contribution in [1.82, 2.24) is 9.97 Å². The van der Waals surface area contributed by atoms with Gasteiger partial charge in [-0.2, -0.15) is 0 Å². The maximum Gasteiger partial charge on any atom is 0.131 e. The highest BCUT2D eigenvalue weighted by Gasteiger charge is 2.07. The van der Waals surface area contributed by atoms with Crippen molar-refractivity contribution in [2.45, 2.75) is 37.8 Å². The van der Waals surface area contributed by atoms with Gasteiger partial charge < -0.3 is 15.5 Å². The first kappa shape index (κ1) is 15.2. The van der Waals surface area contributed by atoms with Gasteiger partial charge in [0.1, 0.15) is 16.7 Å². The summed E-state index contributed by atoms with van der Waals surface area (Å²) >= 11 is 1.43. The SMILES string of the molecule is CCCNc1cc(SCC(O)CO)nc(CC)n1. The zero-order valence-corrected chi connectivity index (χ0v) is 11.7. The van der Waals surface area contributed by atoms with Crippen LogP contribution >= 0.6 is 11.8 Å². The smallest absolute Gasteiger partial charge is 0.131 e. The van der Waals surface area contributed by atoms with Crippen LogP contribution in [-0.2, 0) is 6.42 Å². The van der Waals surface area contributed by atoms with Crippen LogP contribution in [0.2, 0.25) is 0 Å². The molecule has 1 aromatic rings. The molecule has 1 heterocycles. The Morgan fingerprint density at radius 2 is 2.17 bits per heavy atom. The number of aliphatic hydroxyl groups is 2. The molecule has 0 spiro atoms. The van der Waals surface area contributed by atoms with Gasteiger partial charge in [0.2, 0.25) is 0 Å². The van der Waals surface area contributed by atoms with Crippen LogP contribution in [0.4, 0.5) is 5.82 Å². The van der Waals surface area contributed by atoms with Crippen molar-refractivity contribution in [3.63, 3.8) is 0 Å². The van der Waals surface area contributed by atoms with Gasteiger partial charge in [-0.25, -0.2) is 9.97 Å². The Hall–Kier alpha value is -0.850. The van der Waals surface area contributed by atoms with Gasteiger partial charge in [-0.3, -0.25) is 0 Å². The molecule has 5 nitrogen and oxygen atoms in total. The van der Waals surface area contributed by atoms with Gasteiger partial charge in [0.15, 0.2) is 0 Å². The molecule has 1 aromatic heterocycles. The molecule has 1 rings (SSSR count). The third-order valence-corrected chi connectivity index (χ3v) is 3.31. The predicted octanol–water partition coefficient (Wildman–Crippen LogP) is 1.31. The van der Waals surface area contributed by atoms with Crippen molar-refractivity contribution < 1.29 is 10.2 Å². The fourth-order valence-corrected chi connectivity index (χ4v) is 2.12. The Bertz CT molecular complexity index is 363. The van der Waals surface area contributed by atoms with E-state index in [-0.39, 0.29) is 6.61 Å². The van der Waals surface area contributed by atoms with E-state index >= 15 is 0 Å². The van der Waals surface area contributed by atoms with Gasteiger partial charge in [0, 0.05) is 24.8 Å². The van der Waals surface area contributed by atoms with Crippen molar-refractivity contribution in [3.8, 4) is 0 Å². The second kappa shape index (κ2) is 8.29. The van der Waals surface area contributed by atoms with E-state index in [0.29, 0.717) is 5.75 Å². The molecule has 0 aliphatic rings. The monoisotopic (exact) mass is 271 g/mol. The quantitative estimate of drug-likeness (QED) is 0.489. The first-order chi connectivity index (χ1) is 8.69. The van der Waals surface area contributed by atoms with E-state index in [2.05, 4.69) is 22.2 Å². The molecule has 0 saturated heterocycles. The van der Waals surface area contributed by atoms with E-state index in [1.165, 1.54) is 11.8 Å². The highest BCUT2D eigenvalue weighted by molar-refractivity contribution is 7.99. The molecule has 0 aliphatic carbocycles. The minimum Gasteiger partial charge on any atom is -0.394 e. The molecule has 102 valence electrons. The van der Waals surface area contributed by atoms with Crippen LogP contribution in [0.5, 0.6) is 0 Å². The number of hydrogen-bond donors (Lipinski definition) is 3. The van der Waals surface area contributed by atoms with Crippen LogP contribution in [0.25, 0.3) is 0 Å². The van der Waals surface area contributed by atoms with Crippen LogP contribution in [-0.4, -0.2) is 45.2 Å². The standard InChI is InChI=1S/C12H21N3O2S/c1-3-5-13-11-6-12(15-10(4-2)14-11)18-8-9(17)7-16/h6,9,16-17H,3-5,7-8H2,1-2H3,(H,13,14,15). The second-order valence-corrected chi connectivity index (χ2v) is 4.98. The third kappa shape index (κ3) is 5.20. The average molecular weight is 271 g/mol. The lowest BCUT2D eigenvalue weighted by Crippen LogP contribution is -2.15. The minimum absolute atomic E-state index is 0.223. The van der Waals surface area contributed by atoms with E-state index in [0.717, 1.165) is 36.1 Å². The maximum atomic E-state index is 9.33. The molecule has 0 bridgehead atoms. The number of nitrogens with zero attached hydrogens (tertiary/aromatic N) is 2. The van der Waals surface area contributed by atoms with Gasteiger partial charge >= 0.3 is 0 Å². The Kier molecular flexibility index (Phi) is 7.00. The molecule has 18 heavy (non-hydrogen) atoms. The predicted molar refractivity (Wildman–Crippen MR) is 74.0 cm³/mol. The molecule has 6 heteroatoms. The summed E-state index contributed by atoms with van der Waals surface area (Å²) in [6.07, 6.45) is 1.11. The Balaban J connectivity index is 2.70. The number of anilines is 1. The highest BCUT2D eigenvalue weighted by Crippen LogP contribution is 2.19. The number of aliphatic hydroxyl groups excluding tert-OH is 2. The summed E-state index contributed by atoms with van der Waals surface area (Å²) in [6, 6.07) is 1.88. The molecule has 1 unspecified atom stereocenters. The molecule has 0 amide bonds. The highest BCUT2D eigenvalue weighted by atomic mass is 32.2. The van der Waals surface area contributed by atoms with Gasteiger partial charge in [-0.1, -0.05) is 13.8 Å². The van der Waals surface area contributed by atoms with Gasteiger partial charge in [-0.05, 0) is 6.42 Å². The van der Waals surface area contributed by atoms with Gasteiger partial charge in [0.05, 0.1) is 12.7 Å². The van der Waals surface area contributed by atoms with Crippen molar-refractivity contribution in [2.24, 2.45) is 0 Å². The zero-order valence-electron chi connectivity index (χ0n) is 10.9. The lowest BCUT2D eigenvalue weighted by Gasteiger charge is -2.10. The summed E-state index contributed by atoms with van der Waals surface area (Å²) in [7, 11) is 0. The molecule has 3 N–H and O–H groups in total. The van der Waals surface area contributed by atoms with Crippen LogP contribution in [0.15, 0.2) is 11.1 Å². The van der Waals surface area contributed by atoms with Crippen LogP contribution in [0, 0.1) is 0 Å².